The van der Waals surface area contributed by atoms with Crippen LogP contribution in [0, 0.1) is 0 Å². The highest BCUT2D eigenvalue weighted by atomic mass is 35.5. The van der Waals surface area contributed by atoms with E-state index in [4.69, 9.17) is 5.14 Å². The molecule has 1 unspecified atom stereocenters. The normalized spacial score (nSPS) is 18.3. The molecule has 1 atom stereocenters. The van der Waals surface area contributed by atoms with Crippen molar-refractivity contribution < 1.29 is 13.2 Å². The number of sulfonamides is 1. The van der Waals surface area contributed by atoms with Gasteiger partial charge in [0.05, 0.1) is 5.56 Å². The van der Waals surface area contributed by atoms with Gasteiger partial charge in [-0.1, -0.05) is 6.92 Å². The molecule has 120 valence electrons. The lowest BCUT2D eigenvalue weighted by Crippen LogP contribution is -2.41. The van der Waals surface area contributed by atoms with Gasteiger partial charge < -0.3 is 10.2 Å². The Hall–Kier alpha value is -0.670. The maximum atomic E-state index is 12.5. The molecule has 9 heteroatoms. The van der Waals surface area contributed by atoms with Crippen LogP contribution in [0.3, 0.4) is 0 Å². The smallest absolute Gasteiger partial charge is 0.255 e. The number of nitrogens with zero attached hydrogens (tertiary/aromatic N) is 1. The number of primary sulfonamides is 1. The van der Waals surface area contributed by atoms with E-state index >= 15 is 0 Å². The maximum absolute atomic E-state index is 12.5. The molecule has 1 aromatic rings. The minimum atomic E-state index is -3.74. The van der Waals surface area contributed by atoms with Gasteiger partial charge >= 0.3 is 0 Å². The Morgan fingerprint density at radius 3 is 2.76 bits per heavy atom. The number of nitrogens with one attached hydrogen (secondary N) is 1. The number of hydrogen-bond acceptors (Lipinski definition) is 5. The molecule has 21 heavy (non-hydrogen) atoms. The van der Waals surface area contributed by atoms with Crippen LogP contribution in [0.5, 0.6) is 0 Å². The SMILES string of the molecule is CCCN(C(=O)c1csc(S(N)(=O)=O)c1)C1CCNC1.Cl. The first-order valence-electron chi connectivity index (χ1n) is 6.56. The van der Waals surface area contributed by atoms with Gasteiger partial charge in [-0.2, -0.15) is 0 Å². The van der Waals surface area contributed by atoms with Crippen LogP contribution >= 0.6 is 23.7 Å². The van der Waals surface area contributed by atoms with Crippen LogP contribution in [0.25, 0.3) is 0 Å². The molecule has 1 aliphatic heterocycles. The Bertz CT molecular complexity index is 582. The zero-order valence-corrected chi connectivity index (χ0v) is 14.2. The molecule has 0 spiro atoms. The molecule has 0 radical (unpaired) electrons. The van der Waals surface area contributed by atoms with Crippen molar-refractivity contribution in [1.82, 2.24) is 10.2 Å². The summed E-state index contributed by atoms with van der Waals surface area (Å²) < 4.78 is 22.6. The topological polar surface area (TPSA) is 92.5 Å². The van der Waals surface area contributed by atoms with Crippen LogP contribution in [0.1, 0.15) is 30.1 Å². The van der Waals surface area contributed by atoms with E-state index < -0.39 is 10.0 Å². The molecule has 1 amide bonds. The predicted molar refractivity (Wildman–Crippen MR) is 85.5 cm³/mol. The fourth-order valence-electron chi connectivity index (χ4n) is 2.34. The molecule has 2 rings (SSSR count). The molecule has 1 saturated heterocycles. The molecule has 0 saturated carbocycles. The van der Waals surface area contributed by atoms with Crippen molar-refractivity contribution in [3.8, 4) is 0 Å². The molecule has 3 N–H and O–H groups in total. The van der Waals surface area contributed by atoms with Gasteiger partial charge in [0, 0.05) is 24.5 Å². The zero-order valence-electron chi connectivity index (χ0n) is 11.7. The van der Waals surface area contributed by atoms with E-state index in [1.165, 1.54) is 6.07 Å². The van der Waals surface area contributed by atoms with E-state index in [1.54, 1.807) is 5.38 Å². The van der Waals surface area contributed by atoms with E-state index in [2.05, 4.69) is 5.32 Å². The highest BCUT2D eigenvalue weighted by Gasteiger charge is 2.27. The van der Waals surface area contributed by atoms with E-state index in [0.717, 1.165) is 37.3 Å². The molecule has 1 fully saturated rings. The second-order valence-electron chi connectivity index (χ2n) is 4.84. The number of carbonyl (C=O) groups excluding carboxylic acids is 1. The first-order chi connectivity index (χ1) is 9.43. The zero-order chi connectivity index (χ0) is 14.8. The maximum Gasteiger partial charge on any atom is 0.255 e. The fraction of sp³-hybridized carbons (Fsp3) is 0.583. The summed E-state index contributed by atoms with van der Waals surface area (Å²) in [5.41, 5.74) is 0.402. The van der Waals surface area contributed by atoms with Crippen molar-refractivity contribution >= 4 is 39.7 Å². The fourth-order valence-corrected chi connectivity index (χ4v) is 3.92. The van der Waals surface area contributed by atoms with E-state index in [0.29, 0.717) is 12.1 Å². The number of carbonyl (C=O) groups is 1. The van der Waals surface area contributed by atoms with E-state index in [9.17, 15) is 13.2 Å². The van der Waals surface area contributed by atoms with Crippen molar-refractivity contribution in [1.29, 1.82) is 0 Å². The summed E-state index contributed by atoms with van der Waals surface area (Å²) in [7, 11) is -3.74. The van der Waals surface area contributed by atoms with Gasteiger partial charge in [-0.05, 0) is 25.5 Å². The number of halogens is 1. The number of thiophene rings is 1. The number of hydrogen-bond donors (Lipinski definition) is 2. The average molecular weight is 354 g/mol. The van der Waals surface area contributed by atoms with E-state index in [-0.39, 0.29) is 28.6 Å². The Labute approximate surface area is 135 Å². The molecule has 1 aliphatic rings. The van der Waals surface area contributed by atoms with Crippen molar-refractivity contribution in [3.63, 3.8) is 0 Å². The lowest BCUT2D eigenvalue weighted by atomic mass is 10.1. The molecule has 0 aliphatic carbocycles. The Kier molecular flexibility index (Phi) is 6.61. The van der Waals surface area contributed by atoms with Crippen molar-refractivity contribution in [3.05, 3.63) is 17.0 Å². The Morgan fingerprint density at radius 2 is 2.29 bits per heavy atom. The van der Waals surface area contributed by atoms with Gasteiger partial charge in [-0.15, -0.1) is 23.7 Å². The van der Waals surface area contributed by atoms with Crippen molar-refractivity contribution in [2.75, 3.05) is 19.6 Å². The largest absolute Gasteiger partial charge is 0.334 e. The Morgan fingerprint density at radius 1 is 1.57 bits per heavy atom. The van der Waals surface area contributed by atoms with Crippen LogP contribution in [0.4, 0.5) is 0 Å². The second kappa shape index (κ2) is 7.55. The Balaban J connectivity index is 0.00000220. The summed E-state index contributed by atoms with van der Waals surface area (Å²) in [5, 5.41) is 9.88. The lowest BCUT2D eigenvalue weighted by Gasteiger charge is -2.27. The number of amides is 1. The van der Waals surface area contributed by atoms with Crippen LogP contribution in [-0.2, 0) is 10.0 Å². The predicted octanol–water partition coefficient (Wildman–Crippen LogP) is 1.03. The molecule has 0 bridgehead atoms. The monoisotopic (exact) mass is 353 g/mol. The first kappa shape index (κ1) is 18.4. The quantitative estimate of drug-likeness (QED) is 0.827. The molecular formula is C12H20ClN3O3S2. The lowest BCUT2D eigenvalue weighted by molar-refractivity contribution is 0.0692. The van der Waals surface area contributed by atoms with Gasteiger partial charge in [0.15, 0.2) is 0 Å². The van der Waals surface area contributed by atoms with Gasteiger partial charge in [-0.25, -0.2) is 13.6 Å². The standard InChI is InChI=1S/C12H19N3O3S2.ClH/c1-2-5-15(10-3-4-14-7-10)12(16)9-6-11(19-8-9)20(13,17)18;/h6,8,10,14H,2-5,7H2,1H3,(H2,13,17,18);1H. The summed E-state index contributed by atoms with van der Waals surface area (Å²) in [4.78, 5) is 14.4. The average Bonchev–Trinajstić information content (AvgIpc) is 3.04. The first-order valence-corrected chi connectivity index (χ1v) is 8.99. The third-order valence-corrected chi connectivity index (χ3v) is 5.69. The van der Waals surface area contributed by atoms with E-state index in [1.807, 2.05) is 11.8 Å². The summed E-state index contributed by atoms with van der Waals surface area (Å²) in [6.07, 6.45) is 1.80. The summed E-state index contributed by atoms with van der Waals surface area (Å²) in [6.45, 7) is 4.39. The van der Waals surface area contributed by atoms with Crippen molar-refractivity contribution in [2.24, 2.45) is 5.14 Å². The van der Waals surface area contributed by atoms with Crippen LogP contribution in [-0.4, -0.2) is 44.9 Å². The minimum Gasteiger partial charge on any atom is -0.334 e. The highest BCUT2D eigenvalue weighted by molar-refractivity contribution is 7.91. The van der Waals surface area contributed by atoms with Gasteiger partial charge in [0.1, 0.15) is 4.21 Å². The number of rotatable bonds is 5. The van der Waals surface area contributed by atoms with Gasteiger partial charge in [0.25, 0.3) is 5.91 Å². The molecule has 1 aromatic heterocycles. The molecule has 6 nitrogen and oxygen atoms in total. The van der Waals surface area contributed by atoms with Gasteiger partial charge in [0.2, 0.25) is 10.0 Å². The molecular weight excluding hydrogens is 334 g/mol. The molecule has 0 aromatic carbocycles. The summed E-state index contributed by atoms with van der Waals surface area (Å²) in [5.74, 6) is -0.119. The minimum absolute atomic E-state index is 0. The van der Waals surface area contributed by atoms with Crippen molar-refractivity contribution in [2.45, 2.75) is 30.0 Å². The number of nitrogens with two attached hydrogens (primary N) is 1. The van der Waals surface area contributed by atoms with Crippen LogP contribution < -0.4 is 10.5 Å². The third kappa shape index (κ3) is 4.40. The molecule has 2 heterocycles. The van der Waals surface area contributed by atoms with Gasteiger partial charge in [-0.3, -0.25) is 4.79 Å². The van der Waals surface area contributed by atoms with Crippen LogP contribution in [0.2, 0.25) is 0 Å². The van der Waals surface area contributed by atoms with Crippen LogP contribution in [0.15, 0.2) is 15.7 Å². The second-order valence-corrected chi connectivity index (χ2v) is 7.54. The highest BCUT2D eigenvalue weighted by Crippen LogP contribution is 2.22. The summed E-state index contributed by atoms with van der Waals surface area (Å²) in [6, 6.07) is 1.55. The summed E-state index contributed by atoms with van der Waals surface area (Å²) >= 11 is 0.987. The third-order valence-electron chi connectivity index (χ3n) is 3.30.